The topological polar surface area (TPSA) is 43.1 Å². The van der Waals surface area contributed by atoms with Gasteiger partial charge in [0.25, 0.3) is 0 Å². The van der Waals surface area contributed by atoms with Gasteiger partial charge in [-0.2, -0.15) is 0 Å². The van der Waals surface area contributed by atoms with Gasteiger partial charge in [-0.1, -0.05) is 15.9 Å². The lowest BCUT2D eigenvalue weighted by Crippen LogP contribution is -2.02. The zero-order valence-corrected chi connectivity index (χ0v) is 9.18. The van der Waals surface area contributed by atoms with Crippen LogP contribution < -0.4 is 0 Å². The average Bonchev–Trinajstić information content (AvgIpc) is 2.08. The highest BCUT2D eigenvalue weighted by molar-refractivity contribution is 9.10. The molecule has 0 aliphatic carbocycles. The number of nitrogens with zero attached hydrogens (tertiary/aromatic N) is 1. The number of benzene rings is 1. The summed E-state index contributed by atoms with van der Waals surface area (Å²) in [7, 11) is 0. The van der Waals surface area contributed by atoms with Crippen molar-refractivity contribution in [2.24, 2.45) is 0 Å². The quantitative estimate of drug-likeness (QED) is 0.476. The molecule has 0 aliphatic rings. The predicted octanol–water partition coefficient (Wildman–Crippen LogP) is 2.82. The van der Waals surface area contributed by atoms with E-state index in [2.05, 4.69) is 15.9 Å². The molecule has 0 saturated carbocycles. The molecule has 5 heteroatoms. The summed E-state index contributed by atoms with van der Waals surface area (Å²) >= 11 is 4.81. The van der Waals surface area contributed by atoms with Crippen molar-refractivity contribution < 1.29 is 4.92 Å². The summed E-state index contributed by atoms with van der Waals surface area (Å²) < 4.78 is 1.02. The summed E-state index contributed by atoms with van der Waals surface area (Å²) in [4.78, 5) is 10.8. The summed E-state index contributed by atoms with van der Waals surface area (Å²) in [6.07, 6.45) is 0. The standard InChI is InChI=1S/C8H8BrNO2S/c9-7-1-3-8(4-2-7)13-6-5-10(11)12/h1-4H,5-6H2. The first kappa shape index (κ1) is 10.5. The number of hydrogen-bond acceptors (Lipinski definition) is 3. The van der Waals surface area contributed by atoms with Crippen LogP contribution in [0.2, 0.25) is 0 Å². The van der Waals surface area contributed by atoms with E-state index in [4.69, 9.17) is 0 Å². The summed E-state index contributed by atoms with van der Waals surface area (Å²) in [5.74, 6) is 0.522. The maximum Gasteiger partial charge on any atom is 0.213 e. The summed E-state index contributed by atoms with van der Waals surface area (Å²) in [6, 6.07) is 7.73. The molecular weight excluding hydrogens is 254 g/mol. The zero-order valence-electron chi connectivity index (χ0n) is 6.77. The van der Waals surface area contributed by atoms with E-state index in [1.165, 1.54) is 11.8 Å². The minimum atomic E-state index is -0.300. The van der Waals surface area contributed by atoms with Gasteiger partial charge in [-0.05, 0) is 24.3 Å². The van der Waals surface area contributed by atoms with Gasteiger partial charge in [0.1, 0.15) is 0 Å². The number of thioether (sulfide) groups is 1. The van der Waals surface area contributed by atoms with Crippen molar-refractivity contribution in [3.05, 3.63) is 38.9 Å². The van der Waals surface area contributed by atoms with Gasteiger partial charge in [-0.3, -0.25) is 10.1 Å². The predicted molar refractivity (Wildman–Crippen MR) is 56.7 cm³/mol. The van der Waals surface area contributed by atoms with Crippen LogP contribution in [0.15, 0.2) is 33.6 Å². The van der Waals surface area contributed by atoms with Gasteiger partial charge in [0.15, 0.2) is 0 Å². The lowest BCUT2D eigenvalue weighted by Gasteiger charge is -1.97. The van der Waals surface area contributed by atoms with Crippen molar-refractivity contribution in [1.29, 1.82) is 0 Å². The second kappa shape index (κ2) is 5.24. The molecule has 0 radical (unpaired) electrons. The van der Waals surface area contributed by atoms with Gasteiger partial charge in [0.05, 0.1) is 5.75 Å². The molecule has 0 N–H and O–H groups in total. The Morgan fingerprint density at radius 2 is 2.00 bits per heavy atom. The molecule has 0 unspecified atom stereocenters. The molecule has 0 bridgehead atoms. The summed E-state index contributed by atoms with van der Waals surface area (Å²) in [6.45, 7) is 0.0146. The lowest BCUT2D eigenvalue weighted by atomic mass is 10.4. The van der Waals surface area contributed by atoms with Crippen LogP contribution in [0.4, 0.5) is 0 Å². The summed E-state index contributed by atoms with van der Waals surface area (Å²) in [5, 5.41) is 10.0. The Morgan fingerprint density at radius 3 is 2.54 bits per heavy atom. The van der Waals surface area contributed by atoms with Crippen LogP contribution in [0.3, 0.4) is 0 Å². The van der Waals surface area contributed by atoms with Crippen molar-refractivity contribution in [2.75, 3.05) is 12.3 Å². The van der Waals surface area contributed by atoms with E-state index in [0.717, 1.165) is 9.37 Å². The van der Waals surface area contributed by atoms with Crippen LogP contribution in [-0.4, -0.2) is 17.2 Å². The maximum absolute atomic E-state index is 10.0. The maximum atomic E-state index is 10.0. The van der Waals surface area contributed by atoms with E-state index in [0.29, 0.717) is 5.75 Å². The Hall–Kier alpha value is -0.550. The average molecular weight is 262 g/mol. The number of rotatable bonds is 4. The molecule has 0 heterocycles. The van der Waals surface area contributed by atoms with Crippen molar-refractivity contribution in [3.63, 3.8) is 0 Å². The Bertz CT molecular complexity index is 289. The monoisotopic (exact) mass is 261 g/mol. The van der Waals surface area contributed by atoms with Crippen molar-refractivity contribution in [2.45, 2.75) is 4.90 Å². The molecule has 0 aliphatic heterocycles. The third kappa shape index (κ3) is 4.28. The minimum absolute atomic E-state index is 0.0146. The molecule has 1 rings (SSSR count). The first-order valence-electron chi connectivity index (χ1n) is 3.68. The van der Waals surface area contributed by atoms with Crippen molar-refractivity contribution in [3.8, 4) is 0 Å². The largest absolute Gasteiger partial charge is 0.265 e. The van der Waals surface area contributed by atoms with Crippen LogP contribution in [0.5, 0.6) is 0 Å². The van der Waals surface area contributed by atoms with E-state index < -0.39 is 0 Å². The van der Waals surface area contributed by atoms with Crippen molar-refractivity contribution in [1.82, 2.24) is 0 Å². The van der Waals surface area contributed by atoms with Crippen LogP contribution in [0, 0.1) is 10.1 Å². The fourth-order valence-electron chi connectivity index (χ4n) is 0.769. The molecule has 0 atom stereocenters. The first-order valence-corrected chi connectivity index (χ1v) is 5.46. The van der Waals surface area contributed by atoms with Gasteiger partial charge in [0, 0.05) is 14.3 Å². The minimum Gasteiger partial charge on any atom is -0.265 e. The smallest absolute Gasteiger partial charge is 0.213 e. The second-order valence-electron chi connectivity index (χ2n) is 2.36. The van der Waals surface area contributed by atoms with E-state index in [1.54, 1.807) is 0 Å². The highest BCUT2D eigenvalue weighted by atomic mass is 79.9. The second-order valence-corrected chi connectivity index (χ2v) is 4.44. The zero-order chi connectivity index (χ0) is 9.68. The lowest BCUT2D eigenvalue weighted by molar-refractivity contribution is -0.474. The van der Waals surface area contributed by atoms with Gasteiger partial charge >= 0.3 is 0 Å². The van der Waals surface area contributed by atoms with Crippen LogP contribution in [-0.2, 0) is 0 Å². The first-order chi connectivity index (χ1) is 6.18. The molecule has 1 aromatic rings. The van der Waals surface area contributed by atoms with Gasteiger partial charge in [0.2, 0.25) is 6.54 Å². The molecule has 0 amide bonds. The van der Waals surface area contributed by atoms with E-state index in [1.807, 2.05) is 24.3 Å². The molecule has 0 saturated heterocycles. The molecule has 0 fully saturated rings. The third-order valence-corrected chi connectivity index (χ3v) is 2.88. The molecule has 1 aromatic carbocycles. The van der Waals surface area contributed by atoms with E-state index in [-0.39, 0.29) is 11.5 Å². The third-order valence-electron chi connectivity index (χ3n) is 1.36. The highest BCUT2D eigenvalue weighted by Gasteiger charge is 1.98. The summed E-state index contributed by atoms with van der Waals surface area (Å²) in [5.41, 5.74) is 0. The molecule has 3 nitrogen and oxygen atoms in total. The Kier molecular flexibility index (Phi) is 4.24. The van der Waals surface area contributed by atoms with Gasteiger partial charge in [-0.25, -0.2) is 0 Å². The fourth-order valence-corrected chi connectivity index (χ4v) is 1.84. The number of nitro groups is 1. The van der Waals surface area contributed by atoms with E-state index >= 15 is 0 Å². The SMILES string of the molecule is O=[N+]([O-])CCSc1ccc(Br)cc1. The highest BCUT2D eigenvalue weighted by Crippen LogP contribution is 2.19. The van der Waals surface area contributed by atoms with Crippen LogP contribution in [0.25, 0.3) is 0 Å². The molecule has 0 spiro atoms. The van der Waals surface area contributed by atoms with Gasteiger partial charge < -0.3 is 0 Å². The molecular formula is C8H8BrNO2S. The Labute approximate surface area is 88.8 Å². The van der Waals surface area contributed by atoms with Gasteiger partial charge in [-0.15, -0.1) is 11.8 Å². The molecule has 0 aromatic heterocycles. The normalized spacial score (nSPS) is 9.92. The van der Waals surface area contributed by atoms with E-state index in [9.17, 15) is 10.1 Å². The number of hydrogen-bond donors (Lipinski definition) is 0. The fraction of sp³-hybridized carbons (Fsp3) is 0.250. The van der Waals surface area contributed by atoms with Crippen LogP contribution in [0.1, 0.15) is 0 Å². The van der Waals surface area contributed by atoms with Crippen LogP contribution >= 0.6 is 27.7 Å². The number of halogens is 1. The molecule has 70 valence electrons. The Morgan fingerprint density at radius 1 is 1.38 bits per heavy atom. The molecule has 13 heavy (non-hydrogen) atoms. The Balaban J connectivity index is 2.37. The van der Waals surface area contributed by atoms with Crippen molar-refractivity contribution >= 4 is 27.7 Å².